The van der Waals surface area contributed by atoms with E-state index in [0.29, 0.717) is 17.1 Å². The Labute approximate surface area is 166 Å². The molecule has 3 aromatic rings. The monoisotopic (exact) mass is 397 g/mol. The normalized spacial score (nSPS) is 10.8. The number of carbonyl (C=O) groups excluding carboxylic acids is 2. The summed E-state index contributed by atoms with van der Waals surface area (Å²) in [6.07, 6.45) is 1.59. The zero-order chi connectivity index (χ0) is 19.9. The molecule has 2 aromatic carbocycles. The highest BCUT2D eigenvalue weighted by Crippen LogP contribution is 2.25. The third kappa shape index (κ3) is 4.47. The van der Waals surface area contributed by atoms with Crippen molar-refractivity contribution in [1.29, 1.82) is 0 Å². The summed E-state index contributed by atoms with van der Waals surface area (Å²) in [5.74, 6) is 0.0696. The van der Waals surface area contributed by atoms with E-state index in [2.05, 4.69) is 15.8 Å². The summed E-state index contributed by atoms with van der Waals surface area (Å²) in [5.41, 5.74) is 3.64. The highest BCUT2D eigenvalue weighted by Gasteiger charge is 2.14. The summed E-state index contributed by atoms with van der Waals surface area (Å²) >= 11 is 1.61. The van der Waals surface area contributed by atoms with E-state index in [4.69, 9.17) is 9.47 Å². The number of carbonyl (C=O) groups is 2. The van der Waals surface area contributed by atoms with Crippen LogP contribution in [-0.2, 0) is 4.79 Å². The second-order valence-electron chi connectivity index (χ2n) is 5.73. The van der Waals surface area contributed by atoms with Crippen molar-refractivity contribution >= 4 is 39.5 Å². The maximum atomic E-state index is 12.3. The van der Waals surface area contributed by atoms with Gasteiger partial charge in [0, 0.05) is 27.1 Å². The number of rotatable bonds is 7. The maximum Gasteiger partial charge on any atom is 0.259 e. The van der Waals surface area contributed by atoms with Crippen molar-refractivity contribution in [3.63, 3.8) is 0 Å². The first-order valence-electron chi connectivity index (χ1n) is 8.40. The van der Waals surface area contributed by atoms with Crippen molar-refractivity contribution < 1.29 is 19.1 Å². The van der Waals surface area contributed by atoms with Crippen molar-refractivity contribution in [2.75, 3.05) is 20.8 Å². The number of hydrogen-bond acceptors (Lipinski definition) is 6. The van der Waals surface area contributed by atoms with Gasteiger partial charge < -0.3 is 14.8 Å². The molecule has 0 spiro atoms. The van der Waals surface area contributed by atoms with Gasteiger partial charge in [0.25, 0.3) is 11.8 Å². The molecule has 0 unspecified atom stereocenters. The first kappa shape index (κ1) is 19.4. The van der Waals surface area contributed by atoms with Crippen LogP contribution in [0.5, 0.6) is 11.5 Å². The number of methoxy groups -OCH3 is 2. The average molecular weight is 397 g/mol. The van der Waals surface area contributed by atoms with Crippen LogP contribution >= 0.6 is 11.3 Å². The lowest BCUT2D eigenvalue weighted by Gasteiger charge is -2.10. The summed E-state index contributed by atoms with van der Waals surface area (Å²) < 4.78 is 11.4. The molecule has 0 fully saturated rings. The van der Waals surface area contributed by atoms with E-state index in [-0.39, 0.29) is 6.54 Å². The van der Waals surface area contributed by atoms with E-state index in [1.807, 2.05) is 29.6 Å². The molecule has 7 nitrogen and oxygen atoms in total. The van der Waals surface area contributed by atoms with Crippen LogP contribution in [0.25, 0.3) is 10.1 Å². The highest BCUT2D eigenvalue weighted by molar-refractivity contribution is 7.17. The molecule has 0 saturated heterocycles. The van der Waals surface area contributed by atoms with Crippen LogP contribution < -0.4 is 20.2 Å². The predicted molar refractivity (Wildman–Crippen MR) is 109 cm³/mol. The number of ether oxygens (including phenoxy) is 2. The third-order valence-corrected chi connectivity index (χ3v) is 4.95. The fourth-order valence-electron chi connectivity index (χ4n) is 2.55. The minimum atomic E-state index is -0.434. The van der Waals surface area contributed by atoms with Crippen LogP contribution in [0.3, 0.4) is 0 Å². The van der Waals surface area contributed by atoms with Gasteiger partial charge in [-0.05, 0) is 18.2 Å². The molecule has 3 rings (SSSR count). The lowest BCUT2D eigenvalue weighted by atomic mass is 10.1. The zero-order valence-electron chi connectivity index (χ0n) is 15.4. The minimum Gasteiger partial charge on any atom is -0.497 e. The Morgan fingerprint density at radius 3 is 2.75 bits per heavy atom. The SMILES string of the molecule is COc1ccc(C(=O)NCC(=O)NN=Cc2csc3ccccc23)c(OC)c1. The molecular formula is C20H19N3O4S. The number of hydrazone groups is 1. The molecule has 1 heterocycles. The van der Waals surface area contributed by atoms with Crippen molar-refractivity contribution in [2.45, 2.75) is 0 Å². The van der Waals surface area contributed by atoms with E-state index in [0.717, 1.165) is 15.6 Å². The molecule has 28 heavy (non-hydrogen) atoms. The topological polar surface area (TPSA) is 89.0 Å². The van der Waals surface area contributed by atoms with Crippen molar-refractivity contribution in [3.05, 3.63) is 59.0 Å². The summed E-state index contributed by atoms with van der Waals surface area (Å²) in [6.45, 7) is -0.213. The molecule has 0 bridgehead atoms. The molecule has 8 heteroatoms. The smallest absolute Gasteiger partial charge is 0.259 e. The second kappa shape index (κ2) is 9.01. The molecule has 2 N–H and O–H groups in total. The van der Waals surface area contributed by atoms with E-state index in [1.165, 1.54) is 14.2 Å². The summed E-state index contributed by atoms with van der Waals surface area (Å²) in [6, 6.07) is 12.8. The number of thiophene rings is 1. The van der Waals surface area contributed by atoms with Crippen molar-refractivity contribution in [2.24, 2.45) is 5.10 Å². The first-order valence-corrected chi connectivity index (χ1v) is 9.28. The fraction of sp³-hybridized carbons (Fsp3) is 0.150. The lowest BCUT2D eigenvalue weighted by Crippen LogP contribution is -2.35. The summed E-state index contributed by atoms with van der Waals surface area (Å²) in [7, 11) is 2.99. The van der Waals surface area contributed by atoms with Gasteiger partial charge in [0.15, 0.2) is 0 Å². The number of benzene rings is 2. The molecular weight excluding hydrogens is 378 g/mol. The van der Waals surface area contributed by atoms with Gasteiger partial charge in [-0.2, -0.15) is 5.10 Å². The number of nitrogens with one attached hydrogen (secondary N) is 2. The van der Waals surface area contributed by atoms with E-state index in [9.17, 15) is 9.59 Å². The van der Waals surface area contributed by atoms with E-state index in [1.54, 1.807) is 35.8 Å². The largest absolute Gasteiger partial charge is 0.497 e. The van der Waals surface area contributed by atoms with Crippen LogP contribution in [0, 0.1) is 0 Å². The molecule has 0 atom stereocenters. The highest BCUT2D eigenvalue weighted by atomic mass is 32.1. The van der Waals surface area contributed by atoms with E-state index >= 15 is 0 Å². The number of hydrogen-bond donors (Lipinski definition) is 2. The standard InChI is InChI=1S/C20H19N3O4S/c1-26-14-7-8-16(17(9-14)27-2)20(25)21-11-19(24)23-22-10-13-12-28-18-6-4-3-5-15(13)18/h3-10,12H,11H2,1-2H3,(H,21,25)(H,23,24). The van der Waals surface area contributed by atoms with Gasteiger partial charge in [0.05, 0.1) is 32.5 Å². The first-order chi connectivity index (χ1) is 13.6. The Hall–Kier alpha value is -3.39. The molecule has 1 aromatic heterocycles. The maximum absolute atomic E-state index is 12.3. The van der Waals surface area contributed by atoms with Crippen molar-refractivity contribution in [1.82, 2.24) is 10.7 Å². The second-order valence-corrected chi connectivity index (χ2v) is 6.64. The zero-order valence-corrected chi connectivity index (χ0v) is 16.2. The number of amides is 2. The van der Waals surface area contributed by atoms with Gasteiger partial charge >= 0.3 is 0 Å². The quantitative estimate of drug-likeness (QED) is 0.474. The molecule has 0 aliphatic rings. The summed E-state index contributed by atoms with van der Waals surface area (Å²) in [4.78, 5) is 24.2. The van der Waals surface area contributed by atoms with Crippen LogP contribution in [0.15, 0.2) is 52.9 Å². The Bertz CT molecular complexity index is 1030. The predicted octanol–water partition coefficient (Wildman–Crippen LogP) is 2.80. The Kier molecular flexibility index (Phi) is 6.23. The van der Waals surface area contributed by atoms with Crippen LogP contribution in [0.1, 0.15) is 15.9 Å². The molecule has 0 radical (unpaired) electrons. The van der Waals surface area contributed by atoms with E-state index < -0.39 is 11.8 Å². The Morgan fingerprint density at radius 2 is 1.96 bits per heavy atom. The van der Waals surface area contributed by atoms with Gasteiger partial charge in [0.1, 0.15) is 11.5 Å². The lowest BCUT2D eigenvalue weighted by molar-refractivity contribution is -0.120. The molecule has 2 amide bonds. The molecule has 0 aliphatic carbocycles. The Balaban J connectivity index is 1.55. The Morgan fingerprint density at radius 1 is 1.14 bits per heavy atom. The van der Waals surface area contributed by atoms with Gasteiger partial charge in [-0.1, -0.05) is 18.2 Å². The molecule has 0 aliphatic heterocycles. The third-order valence-electron chi connectivity index (χ3n) is 3.97. The van der Waals surface area contributed by atoms with Gasteiger partial charge in [-0.15, -0.1) is 11.3 Å². The van der Waals surface area contributed by atoms with Gasteiger partial charge in [-0.25, -0.2) is 5.43 Å². The number of fused-ring (bicyclic) bond motifs is 1. The van der Waals surface area contributed by atoms with Gasteiger partial charge in [0.2, 0.25) is 0 Å². The average Bonchev–Trinajstić information content (AvgIpc) is 3.14. The van der Waals surface area contributed by atoms with Crippen LogP contribution in [-0.4, -0.2) is 38.8 Å². The summed E-state index contributed by atoms with van der Waals surface area (Å²) in [5, 5.41) is 9.55. The van der Waals surface area contributed by atoms with Crippen molar-refractivity contribution in [3.8, 4) is 11.5 Å². The van der Waals surface area contributed by atoms with Crippen LogP contribution in [0.2, 0.25) is 0 Å². The molecule has 0 saturated carbocycles. The van der Waals surface area contributed by atoms with Gasteiger partial charge in [-0.3, -0.25) is 9.59 Å². The van der Waals surface area contributed by atoms with Crippen LogP contribution in [0.4, 0.5) is 0 Å². The molecule has 144 valence electrons. The number of nitrogens with zero attached hydrogens (tertiary/aromatic N) is 1. The fourth-order valence-corrected chi connectivity index (χ4v) is 3.47. The minimum absolute atomic E-state index is 0.213.